The first kappa shape index (κ1) is 19.7. The Morgan fingerprint density at radius 1 is 1.19 bits per heavy atom. The second-order valence-corrected chi connectivity index (χ2v) is 5.88. The number of benzene rings is 2. The fourth-order valence-corrected chi connectivity index (χ4v) is 2.14. The van der Waals surface area contributed by atoms with Crippen LogP contribution in [0.25, 0.3) is 0 Å². The molecule has 0 saturated heterocycles. The van der Waals surface area contributed by atoms with Crippen molar-refractivity contribution in [3.8, 4) is 5.75 Å². The summed E-state index contributed by atoms with van der Waals surface area (Å²) in [5.74, 6) is -2.84. The first-order chi connectivity index (χ1) is 12.3. The van der Waals surface area contributed by atoms with E-state index in [4.69, 9.17) is 21.1 Å². The smallest absolute Gasteiger partial charge is 0.344 e. The van der Waals surface area contributed by atoms with E-state index in [1.54, 1.807) is 18.2 Å². The number of hydrogen-bond donors (Lipinski definition) is 1. The summed E-state index contributed by atoms with van der Waals surface area (Å²) in [5, 5.41) is 2.48. The number of carbonyl (C=O) groups excluding carboxylic acids is 2. The largest absolute Gasteiger partial charge is 0.480 e. The Balaban J connectivity index is 1.88. The Morgan fingerprint density at radius 2 is 1.92 bits per heavy atom. The van der Waals surface area contributed by atoms with Crippen molar-refractivity contribution in [1.29, 1.82) is 0 Å². The summed E-state index contributed by atoms with van der Waals surface area (Å²) in [6, 6.07) is 7.68. The van der Waals surface area contributed by atoms with Crippen LogP contribution in [0.2, 0.25) is 5.02 Å². The van der Waals surface area contributed by atoms with Gasteiger partial charge in [0.05, 0.1) is 10.7 Å². The van der Waals surface area contributed by atoms with Gasteiger partial charge < -0.3 is 14.8 Å². The molecule has 138 valence electrons. The molecule has 5 nitrogen and oxygen atoms in total. The van der Waals surface area contributed by atoms with Crippen LogP contribution in [0, 0.1) is 18.6 Å². The van der Waals surface area contributed by atoms with Crippen LogP contribution in [0.1, 0.15) is 12.5 Å². The summed E-state index contributed by atoms with van der Waals surface area (Å²) in [6.07, 6.45) is -1.23. The molecule has 2 aromatic carbocycles. The van der Waals surface area contributed by atoms with Crippen molar-refractivity contribution in [3.05, 3.63) is 58.6 Å². The molecule has 0 spiro atoms. The third-order valence-electron chi connectivity index (χ3n) is 3.30. The average molecular weight is 384 g/mol. The number of anilines is 1. The van der Waals surface area contributed by atoms with Crippen LogP contribution in [-0.4, -0.2) is 24.6 Å². The predicted molar refractivity (Wildman–Crippen MR) is 92.2 cm³/mol. The number of ether oxygens (including phenoxy) is 2. The first-order valence-corrected chi connectivity index (χ1v) is 7.98. The molecule has 1 N–H and O–H groups in total. The number of nitrogens with one attached hydrogen (secondary N) is 1. The molecule has 0 saturated carbocycles. The second-order valence-electron chi connectivity index (χ2n) is 5.47. The molecule has 26 heavy (non-hydrogen) atoms. The number of aryl methyl sites for hydroxylation is 1. The molecule has 1 amide bonds. The van der Waals surface area contributed by atoms with Crippen molar-refractivity contribution in [1.82, 2.24) is 0 Å². The van der Waals surface area contributed by atoms with Crippen LogP contribution in [0.5, 0.6) is 5.75 Å². The fraction of sp³-hybridized carbons (Fsp3) is 0.222. The zero-order chi connectivity index (χ0) is 19.3. The van der Waals surface area contributed by atoms with Gasteiger partial charge in [0.25, 0.3) is 5.91 Å². The highest BCUT2D eigenvalue weighted by Crippen LogP contribution is 2.25. The quantitative estimate of drug-likeness (QED) is 0.769. The summed E-state index contributed by atoms with van der Waals surface area (Å²) >= 11 is 5.95. The van der Waals surface area contributed by atoms with Crippen molar-refractivity contribution < 1.29 is 27.8 Å². The standard InChI is InChI=1S/C18H16ClF2NO4/c1-10-3-5-13(19)16(7-10)25-9-17(23)26-11(2)18(24)22-15-8-12(20)4-6-14(15)21/h3-8,11H,9H2,1-2H3,(H,22,24)/t11-/m0/s1. The summed E-state index contributed by atoms with van der Waals surface area (Å²) in [4.78, 5) is 23.7. The maximum Gasteiger partial charge on any atom is 0.344 e. The van der Waals surface area contributed by atoms with Crippen molar-refractivity contribution >= 4 is 29.2 Å². The summed E-state index contributed by atoms with van der Waals surface area (Å²) in [6.45, 7) is 2.67. The van der Waals surface area contributed by atoms with Crippen molar-refractivity contribution in [2.45, 2.75) is 20.0 Å². The van der Waals surface area contributed by atoms with Gasteiger partial charge in [0.1, 0.15) is 17.4 Å². The zero-order valence-electron chi connectivity index (χ0n) is 14.0. The van der Waals surface area contributed by atoms with Crippen LogP contribution >= 0.6 is 11.6 Å². The molecule has 0 radical (unpaired) electrons. The molecule has 1 atom stereocenters. The topological polar surface area (TPSA) is 64.6 Å². The lowest BCUT2D eigenvalue weighted by Gasteiger charge is -2.14. The molecule has 0 bridgehead atoms. The van der Waals surface area contributed by atoms with E-state index in [0.29, 0.717) is 10.8 Å². The molecule has 0 aliphatic carbocycles. The number of rotatable bonds is 6. The van der Waals surface area contributed by atoms with E-state index in [1.807, 2.05) is 6.92 Å². The minimum absolute atomic E-state index is 0.308. The Kier molecular flexibility index (Phi) is 6.52. The number of hydrogen-bond acceptors (Lipinski definition) is 4. The molecule has 0 aliphatic rings. The maximum atomic E-state index is 13.5. The Bertz CT molecular complexity index is 829. The third-order valence-corrected chi connectivity index (χ3v) is 3.61. The van der Waals surface area contributed by atoms with Crippen LogP contribution in [0.15, 0.2) is 36.4 Å². The molecular formula is C18H16ClF2NO4. The average Bonchev–Trinajstić information content (AvgIpc) is 2.58. The van der Waals surface area contributed by atoms with Crippen molar-refractivity contribution in [2.24, 2.45) is 0 Å². The van der Waals surface area contributed by atoms with Gasteiger partial charge in [-0.1, -0.05) is 17.7 Å². The predicted octanol–water partition coefficient (Wildman–Crippen LogP) is 3.88. The molecular weight excluding hydrogens is 368 g/mol. The molecule has 0 fully saturated rings. The first-order valence-electron chi connectivity index (χ1n) is 7.60. The number of carbonyl (C=O) groups is 2. The summed E-state index contributed by atoms with van der Waals surface area (Å²) in [5.41, 5.74) is 0.545. The minimum Gasteiger partial charge on any atom is -0.480 e. The van der Waals surface area contributed by atoms with E-state index < -0.39 is 36.2 Å². The van der Waals surface area contributed by atoms with E-state index in [9.17, 15) is 18.4 Å². The Hall–Kier alpha value is -2.67. The monoisotopic (exact) mass is 383 g/mol. The van der Waals surface area contributed by atoms with Gasteiger partial charge in [0.2, 0.25) is 0 Å². The van der Waals surface area contributed by atoms with Crippen LogP contribution in [-0.2, 0) is 14.3 Å². The van der Waals surface area contributed by atoms with E-state index in [2.05, 4.69) is 5.32 Å². The van der Waals surface area contributed by atoms with Gasteiger partial charge in [-0.25, -0.2) is 13.6 Å². The van der Waals surface area contributed by atoms with Gasteiger partial charge in [-0.2, -0.15) is 0 Å². The molecule has 0 aromatic heterocycles. The van der Waals surface area contributed by atoms with Gasteiger partial charge >= 0.3 is 5.97 Å². The Labute approximate surface area is 153 Å². The normalized spacial score (nSPS) is 11.6. The second kappa shape index (κ2) is 8.62. The lowest BCUT2D eigenvalue weighted by Crippen LogP contribution is -2.32. The molecule has 0 aliphatic heterocycles. The zero-order valence-corrected chi connectivity index (χ0v) is 14.8. The van der Waals surface area contributed by atoms with Crippen LogP contribution in [0.4, 0.5) is 14.5 Å². The van der Waals surface area contributed by atoms with Gasteiger partial charge in [-0.05, 0) is 43.7 Å². The Morgan fingerprint density at radius 3 is 2.65 bits per heavy atom. The highest BCUT2D eigenvalue weighted by atomic mass is 35.5. The highest BCUT2D eigenvalue weighted by Gasteiger charge is 2.20. The van der Waals surface area contributed by atoms with Gasteiger partial charge in [-0.15, -0.1) is 0 Å². The number of halogens is 3. The number of esters is 1. The maximum absolute atomic E-state index is 13.5. The van der Waals surface area contributed by atoms with E-state index in [0.717, 1.165) is 23.8 Å². The lowest BCUT2D eigenvalue weighted by atomic mass is 10.2. The molecule has 0 heterocycles. The number of amides is 1. The molecule has 8 heteroatoms. The van der Waals surface area contributed by atoms with E-state index >= 15 is 0 Å². The van der Waals surface area contributed by atoms with E-state index in [-0.39, 0.29) is 5.69 Å². The lowest BCUT2D eigenvalue weighted by molar-refractivity contribution is -0.155. The van der Waals surface area contributed by atoms with Crippen LogP contribution in [0.3, 0.4) is 0 Å². The fourth-order valence-electron chi connectivity index (χ4n) is 1.97. The minimum atomic E-state index is -1.23. The van der Waals surface area contributed by atoms with Gasteiger partial charge in [0, 0.05) is 6.07 Å². The van der Waals surface area contributed by atoms with Gasteiger partial charge in [0.15, 0.2) is 12.7 Å². The third kappa shape index (κ3) is 5.42. The van der Waals surface area contributed by atoms with Gasteiger partial charge in [-0.3, -0.25) is 4.79 Å². The highest BCUT2D eigenvalue weighted by molar-refractivity contribution is 6.32. The summed E-state index contributed by atoms with van der Waals surface area (Å²) in [7, 11) is 0. The summed E-state index contributed by atoms with van der Waals surface area (Å²) < 4.78 is 36.8. The van der Waals surface area contributed by atoms with Crippen molar-refractivity contribution in [3.63, 3.8) is 0 Å². The molecule has 2 aromatic rings. The molecule has 2 rings (SSSR count). The van der Waals surface area contributed by atoms with Crippen molar-refractivity contribution in [2.75, 3.05) is 11.9 Å². The van der Waals surface area contributed by atoms with Crippen LogP contribution < -0.4 is 10.1 Å². The SMILES string of the molecule is Cc1ccc(Cl)c(OCC(=O)O[C@@H](C)C(=O)Nc2cc(F)ccc2F)c1. The van der Waals surface area contributed by atoms with E-state index in [1.165, 1.54) is 6.92 Å². The molecule has 0 unspecified atom stereocenters.